The Hall–Kier alpha value is -1.40. The third-order valence-corrected chi connectivity index (χ3v) is 4.53. The molecule has 3 nitrogen and oxygen atoms in total. The first-order valence-electron chi connectivity index (χ1n) is 6.01. The number of hydrogen-bond acceptors (Lipinski definition) is 3. The van der Waals surface area contributed by atoms with Gasteiger partial charge in [0.15, 0.2) is 0 Å². The van der Waals surface area contributed by atoms with Crippen LogP contribution in [0.3, 0.4) is 0 Å². The largest absolute Gasteiger partial charge is 0.273 e. The number of aromatic nitrogens is 2. The maximum atomic E-state index is 13.0. The molecule has 2 aromatic carbocycles. The van der Waals surface area contributed by atoms with E-state index in [0.29, 0.717) is 31.3 Å². The molecule has 112 valence electrons. The number of hydrogen-bond donors (Lipinski definition) is 1. The van der Waals surface area contributed by atoms with Crippen LogP contribution in [0, 0.1) is 11.2 Å². The van der Waals surface area contributed by atoms with Crippen LogP contribution in [0.4, 0.5) is 4.39 Å². The zero-order valence-corrected chi connectivity index (χ0v) is 13.9. The first kappa shape index (κ1) is 15.5. The van der Waals surface area contributed by atoms with Gasteiger partial charge in [-0.3, -0.25) is 5.41 Å². The van der Waals surface area contributed by atoms with Crippen LogP contribution in [0.5, 0.6) is 0 Å². The Labute approximate surface area is 144 Å². The van der Waals surface area contributed by atoms with Gasteiger partial charge in [0, 0.05) is 10.6 Å². The van der Waals surface area contributed by atoms with Gasteiger partial charge in [0.2, 0.25) is 4.80 Å². The molecule has 3 aromatic rings. The van der Waals surface area contributed by atoms with Gasteiger partial charge in [-0.1, -0.05) is 46.1 Å². The molecule has 0 aliphatic heterocycles. The lowest BCUT2D eigenvalue weighted by atomic mass is 10.2. The van der Waals surface area contributed by atoms with Gasteiger partial charge in [-0.25, -0.2) is 9.07 Å². The molecule has 3 rings (SSSR count). The Kier molecular flexibility index (Phi) is 4.23. The number of nitrogens with one attached hydrogen (secondary N) is 1. The second-order valence-corrected chi connectivity index (χ2v) is 6.58. The smallest absolute Gasteiger partial charge is 0.205 e. The second-order valence-electron chi connectivity index (χ2n) is 4.35. The Morgan fingerprint density at radius 1 is 1.05 bits per heavy atom. The van der Waals surface area contributed by atoms with E-state index >= 15 is 0 Å². The lowest BCUT2D eigenvalue weighted by Gasteiger charge is -2.07. The van der Waals surface area contributed by atoms with Crippen LogP contribution >= 0.6 is 46.1 Å². The van der Waals surface area contributed by atoms with E-state index in [-0.39, 0.29) is 10.6 Å². The number of halogens is 4. The normalized spacial score (nSPS) is 10.9. The summed E-state index contributed by atoms with van der Waals surface area (Å²) in [6, 6.07) is 8.95. The van der Waals surface area contributed by atoms with E-state index in [1.807, 2.05) is 0 Å². The minimum absolute atomic E-state index is 0.144. The molecule has 0 aliphatic carbocycles. The summed E-state index contributed by atoms with van der Waals surface area (Å²) in [6.07, 6.45) is 0. The fourth-order valence-corrected chi connectivity index (χ4v) is 3.64. The SMILES string of the molecule is N=c1sc(-c2ccc(F)cc2)nn1-c1c(Cl)cc(Cl)cc1Cl. The minimum Gasteiger partial charge on any atom is -0.273 e. The topological polar surface area (TPSA) is 41.7 Å². The van der Waals surface area contributed by atoms with Crippen LogP contribution in [0.2, 0.25) is 15.1 Å². The molecular formula is C14H7Cl3FN3S. The van der Waals surface area contributed by atoms with E-state index < -0.39 is 0 Å². The highest BCUT2D eigenvalue weighted by atomic mass is 35.5. The molecule has 0 spiro atoms. The van der Waals surface area contributed by atoms with Crippen molar-refractivity contribution in [2.24, 2.45) is 0 Å². The summed E-state index contributed by atoms with van der Waals surface area (Å²) in [5.41, 5.74) is 1.10. The Bertz CT molecular complexity index is 879. The molecule has 0 saturated heterocycles. The highest BCUT2D eigenvalue weighted by Crippen LogP contribution is 2.32. The van der Waals surface area contributed by atoms with Crippen molar-refractivity contribution >= 4 is 46.1 Å². The Balaban J connectivity index is 2.15. The maximum Gasteiger partial charge on any atom is 0.205 e. The fraction of sp³-hybridized carbons (Fsp3) is 0. The van der Waals surface area contributed by atoms with Crippen LogP contribution in [0.1, 0.15) is 0 Å². The third-order valence-electron chi connectivity index (χ3n) is 2.86. The van der Waals surface area contributed by atoms with E-state index in [4.69, 9.17) is 40.2 Å². The summed E-state index contributed by atoms with van der Waals surface area (Å²) in [4.78, 5) is 0.144. The summed E-state index contributed by atoms with van der Waals surface area (Å²) in [6.45, 7) is 0. The van der Waals surface area contributed by atoms with Gasteiger partial charge in [-0.2, -0.15) is 5.10 Å². The zero-order chi connectivity index (χ0) is 15.9. The minimum atomic E-state index is -0.330. The first-order valence-corrected chi connectivity index (χ1v) is 7.96. The van der Waals surface area contributed by atoms with Crippen molar-refractivity contribution in [3.8, 4) is 16.3 Å². The molecule has 0 fully saturated rings. The van der Waals surface area contributed by atoms with E-state index in [1.54, 1.807) is 12.1 Å². The zero-order valence-electron chi connectivity index (χ0n) is 10.8. The Morgan fingerprint density at radius 3 is 2.23 bits per heavy atom. The Morgan fingerprint density at radius 2 is 1.64 bits per heavy atom. The molecule has 8 heteroatoms. The molecule has 0 saturated carbocycles. The van der Waals surface area contributed by atoms with Crippen LogP contribution in [0.15, 0.2) is 36.4 Å². The van der Waals surface area contributed by atoms with Crippen molar-refractivity contribution in [1.29, 1.82) is 5.41 Å². The predicted octanol–water partition coefficient (Wildman–Crippen LogP) is 5.18. The van der Waals surface area contributed by atoms with Crippen molar-refractivity contribution < 1.29 is 4.39 Å². The van der Waals surface area contributed by atoms with E-state index in [1.165, 1.54) is 28.9 Å². The summed E-state index contributed by atoms with van der Waals surface area (Å²) in [5.74, 6) is -0.330. The molecule has 0 aliphatic rings. The molecule has 0 atom stereocenters. The average molecular weight is 375 g/mol. The summed E-state index contributed by atoms with van der Waals surface area (Å²) in [7, 11) is 0. The summed E-state index contributed by atoms with van der Waals surface area (Å²) < 4.78 is 14.3. The quantitative estimate of drug-likeness (QED) is 0.660. The molecular weight excluding hydrogens is 368 g/mol. The molecule has 0 bridgehead atoms. The number of benzene rings is 2. The van der Waals surface area contributed by atoms with Gasteiger partial charge < -0.3 is 0 Å². The predicted molar refractivity (Wildman–Crippen MR) is 87.7 cm³/mol. The highest BCUT2D eigenvalue weighted by molar-refractivity contribution is 7.12. The molecule has 0 amide bonds. The monoisotopic (exact) mass is 373 g/mol. The van der Waals surface area contributed by atoms with Crippen molar-refractivity contribution in [2.45, 2.75) is 0 Å². The highest BCUT2D eigenvalue weighted by Gasteiger charge is 2.15. The molecule has 0 unspecified atom stereocenters. The fourth-order valence-electron chi connectivity index (χ4n) is 1.89. The van der Waals surface area contributed by atoms with Crippen molar-refractivity contribution in [3.05, 3.63) is 62.1 Å². The van der Waals surface area contributed by atoms with Gasteiger partial charge in [-0.05, 0) is 36.4 Å². The standard InChI is InChI=1S/C14H7Cl3FN3S/c15-8-5-10(16)12(11(17)6-8)21-14(19)22-13(20-21)7-1-3-9(18)4-2-7/h1-6,19H. The maximum absolute atomic E-state index is 13.0. The van der Waals surface area contributed by atoms with Crippen molar-refractivity contribution in [3.63, 3.8) is 0 Å². The third kappa shape index (κ3) is 2.90. The summed E-state index contributed by atoms with van der Waals surface area (Å²) >= 11 is 19.3. The summed E-state index contributed by atoms with van der Waals surface area (Å²) in [5, 5.41) is 14.0. The van der Waals surface area contributed by atoms with Crippen LogP contribution in [-0.4, -0.2) is 9.78 Å². The second kappa shape index (κ2) is 6.01. The van der Waals surface area contributed by atoms with E-state index in [2.05, 4.69) is 5.10 Å². The van der Waals surface area contributed by atoms with E-state index in [0.717, 1.165) is 11.3 Å². The van der Waals surface area contributed by atoms with Crippen molar-refractivity contribution in [1.82, 2.24) is 9.78 Å². The van der Waals surface area contributed by atoms with Gasteiger partial charge >= 0.3 is 0 Å². The molecule has 1 N–H and O–H groups in total. The average Bonchev–Trinajstić information content (AvgIpc) is 2.80. The van der Waals surface area contributed by atoms with Gasteiger partial charge in [-0.15, -0.1) is 0 Å². The molecule has 1 heterocycles. The van der Waals surface area contributed by atoms with Crippen LogP contribution < -0.4 is 4.80 Å². The van der Waals surface area contributed by atoms with E-state index in [9.17, 15) is 4.39 Å². The number of nitrogens with zero attached hydrogens (tertiary/aromatic N) is 2. The van der Waals surface area contributed by atoms with Crippen molar-refractivity contribution in [2.75, 3.05) is 0 Å². The van der Waals surface area contributed by atoms with Crippen LogP contribution in [-0.2, 0) is 0 Å². The first-order chi connectivity index (χ1) is 10.5. The molecule has 0 radical (unpaired) electrons. The number of rotatable bonds is 2. The molecule has 1 aromatic heterocycles. The van der Waals surface area contributed by atoms with Gasteiger partial charge in [0.25, 0.3) is 0 Å². The molecule has 22 heavy (non-hydrogen) atoms. The lowest BCUT2D eigenvalue weighted by Crippen LogP contribution is -2.13. The van der Waals surface area contributed by atoms with Gasteiger partial charge in [0.1, 0.15) is 16.5 Å². The van der Waals surface area contributed by atoms with Gasteiger partial charge in [0.05, 0.1) is 10.0 Å². The lowest BCUT2D eigenvalue weighted by molar-refractivity contribution is 0.628. The van der Waals surface area contributed by atoms with Crippen LogP contribution in [0.25, 0.3) is 16.3 Å².